The maximum Gasteiger partial charge on any atom is 0.126 e. The van der Waals surface area contributed by atoms with E-state index in [0.717, 1.165) is 42.0 Å². The summed E-state index contributed by atoms with van der Waals surface area (Å²) >= 11 is 7.35. The topological polar surface area (TPSA) is 30.0 Å². The lowest BCUT2D eigenvalue weighted by molar-refractivity contribution is -0.120. The first-order valence-corrected chi connectivity index (χ1v) is 5.56. The summed E-state index contributed by atoms with van der Waals surface area (Å²) < 4.78 is 0.730. The molecule has 0 aromatic carbocycles. The van der Waals surface area contributed by atoms with E-state index in [1.807, 2.05) is 0 Å². The zero-order valence-corrected chi connectivity index (χ0v) is 8.70. The van der Waals surface area contributed by atoms with Crippen molar-refractivity contribution in [2.45, 2.75) is 25.7 Å². The number of halogens is 1. The number of carbonyl (C=O) groups is 1. The molecule has 0 saturated heterocycles. The number of nitrogens with zero attached hydrogens (tertiary/aromatic N) is 1. The molecule has 2 rings (SSSR count). The molecule has 1 aromatic rings. The van der Waals surface area contributed by atoms with E-state index in [-0.39, 0.29) is 5.41 Å². The van der Waals surface area contributed by atoms with Gasteiger partial charge >= 0.3 is 0 Å². The molecular weight excluding hydrogens is 206 g/mol. The average molecular weight is 216 g/mol. The molecule has 0 amide bonds. The van der Waals surface area contributed by atoms with Gasteiger partial charge in [-0.25, -0.2) is 4.98 Å². The van der Waals surface area contributed by atoms with Crippen LogP contribution < -0.4 is 0 Å². The molecule has 0 radical (unpaired) electrons. The lowest BCUT2D eigenvalue weighted by Crippen LogP contribution is -2.33. The van der Waals surface area contributed by atoms with Crippen molar-refractivity contribution >= 4 is 29.2 Å². The van der Waals surface area contributed by atoms with Crippen LogP contribution in [-0.4, -0.2) is 11.3 Å². The molecule has 0 N–H and O–H groups in total. The fraction of sp³-hybridized carbons (Fsp3) is 0.556. The van der Waals surface area contributed by atoms with Gasteiger partial charge < -0.3 is 4.79 Å². The van der Waals surface area contributed by atoms with Crippen LogP contribution in [0.4, 0.5) is 0 Å². The molecule has 1 fully saturated rings. The maximum absolute atomic E-state index is 10.9. The smallest absolute Gasteiger partial charge is 0.126 e. The number of carbonyl (C=O) groups excluding carboxylic acids is 1. The van der Waals surface area contributed by atoms with Gasteiger partial charge in [-0.15, -0.1) is 11.3 Å². The molecule has 1 saturated carbocycles. The summed E-state index contributed by atoms with van der Waals surface area (Å²) in [4.78, 5) is 15.0. The first kappa shape index (κ1) is 9.16. The second-order valence-corrected chi connectivity index (χ2v) is 5.04. The van der Waals surface area contributed by atoms with Crippen LogP contribution in [0.5, 0.6) is 0 Å². The van der Waals surface area contributed by atoms with Crippen molar-refractivity contribution in [2.75, 3.05) is 0 Å². The minimum Gasteiger partial charge on any atom is -0.303 e. The number of rotatable bonds is 3. The third-order valence-electron chi connectivity index (χ3n) is 2.71. The Bertz CT molecular complexity index is 319. The minimum absolute atomic E-state index is 0.141. The van der Waals surface area contributed by atoms with E-state index >= 15 is 0 Å². The second-order valence-electron chi connectivity index (χ2n) is 3.58. The predicted molar refractivity (Wildman–Crippen MR) is 53.2 cm³/mol. The molecule has 1 aliphatic rings. The Morgan fingerprint density at radius 3 is 2.85 bits per heavy atom. The van der Waals surface area contributed by atoms with Gasteiger partial charge in [0.2, 0.25) is 0 Å². The van der Waals surface area contributed by atoms with E-state index in [0.29, 0.717) is 0 Å². The van der Waals surface area contributed by atoms with Crippen LogP contribution >= 0.6 is 22.9 Å². The molecule has 0 spiro atoms. The summed E-state index contributed by atoms with van der Waals surface area (Å²) in [6.45, 7) is 0. The summed E-state index contributed by atoms with van der Waals surface area (Å²) in [6.07, 6.45) is 4.93. The van der Waals surface area contributed by atoms with E-state index in [9.17, 15) is 4.79 Å². The first-order valence-electron chi connectivity index (χ1n) is 4.30. The molecule has 0 atom stereocenters. The van der Waals surface area contributed by atoms with Gasteiger partial charge in [0.15, 0.2) is 0 Å². The summed E-state index contributed by atoms with van der Waals surface area (Å²) in [5.74, 6) is 0. The number of hydrogen-bond acceptors (Lipinski definition) is 3. The van der Waals surface area contributed by atoms with Gasteiger partial charge in [0.05, 0.1) is 11.2 Å². The van der Waals surface area contributed by atoms with Gasteiger partial charge in [-0.05, 0) is 12.8 Å². The van der Waals surface area contributed by atoms with Crippen molar-refractivity contribution in [3.05, 3.63) is 15.5 Å². The van der Waals surface area contributed by atoms with Crippen LogP contribution in [0.1, 0.15) is 25.0 Å². The SMILES string of the molecule is O=CC1(Cc2ncsc2Cl)CCC1. The van der Waals surface area contributed by atoms with Crippen LogP contribution in [0.25, 0.3) is 0 Å². The van der Waals surface area contributed by atoms with E-state index in [2.05, 4.69) is 4.98 Å². The molecule has 13 heavy (non-hydrogen) atoms. The van der Waals surface area contributed by atoms with Gasteiger partial charge in [-0.2, -0.15) is 0 Å². The van der Waals surface area contributed by atoms with Gasteiger partial charge in [0.1, 0.15) is 10.6 Å². The van der Waals surface area contributed by atoms with Gasteiger partial charge in [-0.1, -0.05) is 18.0 Å². The molecule has 0 aliphatic heterocycles. The standard InChI is InChI=1S/C9H10ClNOS/c10-8-7(11-6-13-8)4-9(5-12)2-1-3-9/h5-6H,1-4H2. The van der Waals surface area contributed by atoms with Crippen LogP contribution in [-0.2, 0) is 11.2 Å². The van der Waals surface area contributed by atoms with Crippen molar-refractivity contribution in [1.29, 1.82) is 0 Å². The quantitative estimate of drug-likeness (QED) is 0.726. The van der Waals surface area contributed by atoms with Crippen molar-refractivity contribution < 1.29 is 4.79 Å². The first-order chi connectivity index (χ1) is 6.26. The van der Waals surface area contributed by atoms with Crippen molar-refractivity contribution in [1.82, 2.24) is 4.98 Å². The Kier molecular flexibility index (Phi) is 2.39. The highest BCUT2D eigenvalue weighted by Crippen LogP contribution is 2.42. The van der Waals surface area contributed by atoms with Crippen LogP contribution in [0.3, 0.4) is 0 Å². The summed E-state index contributed by atoms with van der Waals surface area (Å²) in [6, 6.07) is 0. The average Bonchev–Trinajstić information content (AvgIpc) is 2.44. The molecule has 70 valence electrons. The fourth-order valence-corrected chi connectivity index (χ4v) is 2.44. The third kappa shape index (κ3) is 1.63. The lowest BCUT2D eigenvalue weighted by Gasteiger charge is -2.36. The van der Waals surface area contributed by atoms with Gasteiger partial charge in [0, 0.05) is 11.8 Å². The van der Waals surface area contributed by atoms with Crippen LogP contribution in [0.2, 0.25) is 4.34 Å². The molecule has 0 unspecified atom stereocenters. The predicted octanol–water partition coefficient (Wildman–Crippen LogP) is 2.71. The molecule has 2 nitrogen and oxygen atoms in total. The van der Waals surface area contributed by atoms with Crippen molar-refractivity contribution in [3.63, 3.8) is 0 Å². The highest BCUT2D eigenvalue weighted by molar-refractivity contribution is 7.14. The third-order valence-corrected chi connectivity index (χ3v) is 3.85. The highest BCUT2D eigenvalue weighted by Gasteiger charge is 2.37. The Morgan fingerprint density at radius 1 is 1.69 bits per heavy atom. The van der Waals surface area contributed by atoms with Gasteiger partial charge in [0.25, 0.3) is 0 Å². The number of aldehydes is 1. The lowest BCUT2D eigenvalue weighted by atomic mass is 9.67. The molecule has 0 bridgehead atoms. The maximum atomic E-state index is 10.9. The molecule has 1 aliphatic carbocycles. The van der Waals surface area contributed by atoms with E-state index in [1.54, 1.807) is 5.51 Å². The van der Waals surface area contributed by atoms with E-state index in [4.69, 9.17) is 11.6 Å². The van der Waals surface area contributed by atoms with Crippen molar-refractivity contribution in [3.8, 4) is 0 Å². The molecule has 4 heteroatoms. The second kappa shape index (κ2) is 3.39. The fourth-order valence-electron chi connectivity index (χ4n) is 1.67. The number of aromatic nitrogens is 1. The van der Waals surface area contributed by atoms with Crippen LogP contribution in [0, 0.1) is 5.41 Å². The van der Waals surface area contributed by atoms with Crippen LogP contribution in [0.15, 0.2) is 5.51 Å². The summed E-state index contributed by atoms with van der Waals surface area (Å²) in [7, 11) is 0. The summed E-state index contributed by atoms with van der Waals surface area (Å²) in [5, 5.41) is 0. The largest absolute Gasteiger partial charge is 0.303 e. The Morgan fingerprint density at radius 2 is 2.46 bits per heavy atom. The molecular formula is C9H10ClNOS. The minimum atomic E-state index is -0.141. The summed E-state index contributed by atoms with van der Waals surface area (Å²) in [5.41, 5.74) is 2.48. The van der Waals surface area contributed by atoms with E-state index in [1.165, 1.54) is 11.3 Å². The monoisotopic (exact) mass is 215 g/mol. The zero-order chi connectivity index (χ0) is 9.31. The molecule has 1 aromatic heterocycles. The zero-order valence-electron chi connectivity index (χ0n) is 7.12. The Hall–Kier alpha value is -0.410. The number of thiazole rings is 1. The van der Waals surface area contributed by atoms with E-state index < -0.39 is 0 Å². The van der Waals surface area contributed by atoms with Gasteiger partial charge in [-0.3, -0.25) is 0 Å². The normalized spacial score (nSPS) is 19.5. The Balaban J connectivity index is 2.13. The number of hydrogen-bond donors (Lipinski definition) is 0. The molecule has 1 heterocycles. The Labute approximate surface area is 85.9 Å². The highest BCUT2D eigenvalue weighted by atomic mass is 35.5. The van der Waals surface area contributed by atoms with Crippen molar-refractivity contribution in [2.24, 2.45) is 5.41 Å².